The molecular formula is C21H19F3N2O5S. The van der Waals surface area contributed by atoms with Crippen molar-refractivity contribution in [3.8, 4) is 22.9 Å². The van der Waals surface area contributed by atoms with Crippen LogP contribution < -0.4 is 10.3 Å². The third-order valence-electron chi connectivity index (χ3n) is 5.51. The van der Waals surface area contributed by atoms with Crippen molar-refractivity contribution in [3.05, 3.63) is 46.2 Å². The van der Waals surface area contributed by atoms with Gasteiger partial charge in [-0.1, -0.05) is 20.8 Å². The molecule has 1 aliphatic heterocycles. The summed E-state index contributed by atoms with van der Waals surface area (Å²) >= 11 is 0. The maximum Gasteiger partial charge on any atom is 0.501 e. The van der Waals surface area contributed by atoms with Crippen molar-refractivity contribution >= 4 is 20.7 Å². The zero-order valence-electron chi connectivity index (χ0n) is 17.2. The Labute approximate surface area is 180 Å². The van der Waals surface area contributed by atoms with Crippen LogP contribution in [0.4, 0.5) is 13.2 Å². The molecule has 1 unspecified atom stereocenters. The van der Waals surface area contributed by atoms with E-state index in [1.54, 1.807) is 6.07 Å². The second-order valence-electron chi connectivity index (χ2n) is 8.64. The number of ether oxygens (including phenoxy) is 1. The number of phenolic OH excluding ortho intramolecular Hbond substituents is 1. The smallest absolute Gasteiger partial charge is 0.501 e. The first-order valence-electron chi connectivity index (χ1n) is 9.56. The van der Waals surface area contributed by atoms with Crippen LogP contribution >= 0.6 is 0 Å². The van der Waals surface area contributed by atoms with Crippen LogP contribution in [0.2, 0.25) is 0 Å². The van der Waals surface area contributed by atoms with E-state index >= 15 is 0 Å². The van der Waals surface area contributed by atoms with E-state index in [1.807, 2.05) is 20.8 Å². The van der Waals surface area contributed by atoms with Gasteiger partial charge in [0.15, 0.2) is 0 Å². The monoisotopic (exact) mass is 468 g/mol. The number of nitrogens with zero attached hydrogens (tertiary/aromatic N) is 1. The van der Waals surface area contributed by atoms with Crippen molar-refractivity contribution in [2.75, 3.05) is 6.61 Å². The van der Waals surface area contributed by atoms with Crippen molar-refractivity contribution in [1.82, 2.24) is 9.97 Å². The molecule has 0 radical (unpaired) electrons. The molecule has 0 saturated heterocycles. The number of rotatable bonds is 2. The maximum absolute atomic E-state index is 12.9. The molecule has 0 spiro atoms. The first-order chi connectivity index (χ1) is 14.7. The average Bonchev–Trinajstić information content (AvgIpc) is 3.11. The Morgan fingerprint density at radius 1 is 1.16 bits per heavy atom. The summed E-state index contributed by atoms with van der Waals surface area (Å²) in [7, 11) is -5.62. The van der Waals surface area contributed by atoms with Gasteiger partial charge in [-0.15, -0.1) is 0 Å². The predicted molar refractivity (Wildman–Crippen MR) is 110 cm³/mol. The second-order valence-corrected chi connectivity index (χ2v) is 10.6. The summed E-state index contributed by atoms with van der Waals surface area (Å²) < 4.78 is 67.8. The highest BCUT2D eigenvalue weighted by molar-refractivity contribution is 7.92. The molecule has 11 heteroatoms. The molecule has 32 heavy (non-hydrogen) atoms. The largest absolute Gasteiger partial charge is 0.507 e. The van der Waals surface area contributed by atoms with Crippen molar-refractivity contribution in [1.29, 1.82) is 0 Å². The highest BCUT2D eigenvalue weighted by atomic mass is 32.2. The molecule has 0 bridgehead atoms. The number of hydrogen-bond acceptors (Lipinski definition) is 6. The fourth-order valence-corrected chi connectivity index (χ4v) is 4.57. The number of aromatic amines is 1. The Kier molecular flexibility index (Phi) is 4.81. The van der Waals surface area contributed by atoms with E-state index in [1.165, 1.54) is 6.07 Å². The number of H-pyrrole nitrogens is 1. The summed E-state index contributed by atoms with van der Waals surface area (Å²) in [4.78, 5) is 18.4. The Balaban J connectivity index is 1.94. The van der Waals surface area contributed by atoms with Gasteiger partial charge in [-0.25, -0.2) is 13.4 Å². The van der Waals surface area contributed by atoms with Gasteiger partial charge in [0.2, 0.25) is 0 Å². The quantitative estimate of drug-likeness (QED) is 0.586. The van der Waals surface area contributed by atoms with E-state index in [2.05, 4.69) is 9.97 Å². The van der Waals surface area contributed by atoms with Crippen LogP contribution in [-0.4, -0.2) is 35.6 Å². The van der Waals surface area contributed by atoms with Gasteiger partial charge >= 0.3 is 5.51 Å². The number of fused-ring (bicyclic) bond motifs is 2. The summed E-state index contributed by atoms with van der Waals surface area (Å²) in [6, 6.07) is 5.45. The van der Waals surface area contributed by atoms with E-state index in [4.69, 9.17) is 4.74 Å². The molecule has 0 fully saturated rings. The molecule has 3 aromatic rings. The number of sulfone groups is 1. The number of nitrogens with one attached hydrogen (secondary N) is 1. The third-order valence-corrected chi connectivity index (χ3v) is 7.00. The molecule has 170 valence electrons. The lowest BCUT2D eigenvalue weighted by Crippen LogP contribution is -2.23. The summed E-state index contributed by atoms with van der Waals surface area (Å²) in [6.07, 6.45) is 0. The molecule has 1 aliphatic rings. The molecule has 0 aliphatic carbocycles. The van der Waals surface area contributed by atoms with Gasteiger partial charge in [-0.3, -0.25) is 4.79 Å². The number of phenols is 1. The molecule has 1 atom stereocenters. The van der Waals surface area contributed by atoms with E-state index in [9.17, 15) is 31.5 Å². The molecule has 4 rings (SSSR count). The van der Waals surface area contributed by atoms with E-state index in [0.717, 1.165) is 12.1 Å². The third kappa shape index (κ3) is 3.40. The number of aromatic hydroxyl groups is 1. The normalized spacial score (nSPS) is 16.8. The predicted octanol–water partition coefficient (Wildman–Crippen LogP) is 4.11. The Morgan fingerprint density at radius 2 is 1.84 bits per heavy atom. The second kappa shape index (κ2) is 6.96. The molecule has 7 nitrogen and oxygen atoms in total. The molecular weight excluding hydrogens is 449 g/mol. The standard InChI is InChI=1S/C21H19F3N2O5S/c1-20(2,3)12-9-31-15-7-6-14(27)17(16(12)15)18-25-13-5-4-10(8-11(13)19(28)26-18)32(29,30)21(22,23)24/h4-8,12,27H,9H2,1-3H3,(H,25,26,28). The van der Waals surface area contributed by atoms with Gasteiger partial charge in [0.1, 0.15) is 17.3 Å². The van der Waals surface area contributed by atoms with Crippen molar-refractivity contribution in [2.45, 2.75) is 37.1 Å². The van der Waals surface area contributed by atoms with Crippen LogP contribution in [-0.2, 0) is 9.84 Å². The average molecular weight is 468 g/mol. The fraction of sp³-hybridized carbons (Fsp3) is 0.333. The number of hydrogen-bond donors (Lipinski definition) is 2. The lowest BCUT2D eigenvalue weighted by atomic mass is 9.76. The van der Waals surface area contributed by atoms with Gasteiger partial charge in [0.05, 0.1) is 28.0 Å². The number of halogens is 3. The van der Waals surface area contributed by atoms with Crippen LogP contribution in [0.25, 0.3) is 22.3 Å². The van der Waals surface area contributed by atoms with E-state index < -0.39 is 25.8 Å². The fourth-order valence-electron chi connectivity index (χ4n) is 3.79. The maximum atomic E-state index is 12.9. The number of benzene rings is 2. The van der Waals surface area contributed by atoms with Gasteiger partial charge in [-0.2, -0.15) is 13.2 Å². The number of alkyl halides is 3. The Hall–Kier alpha value is -3.08. The summed E-state index contributed by atoms with van der Waals surface area (Å²) in [5.74, 6) is 0.261. The first-order valence-corrected chi connectivity index (χ1v) is 11.0. The first kappa shape index (κ1) is 22.1. The lowest BCUT2D eigenvalue weighted by Gasteiger charge is -2.27. The zero-order chi connectivity index (χ0) is 23.6. The minimum absolute atomic E-state index is 0.00280. The Bertz CT molecular complexity index is 1410. The van der Waals surface area contributed by atoms with Crippen LogP contribution in [0.5, 0.6) is 11.5 Å². The summed E-state index contributed by atoms with van der Waals surface area (Å²) in [5.41, 5.74) is -5.69. The van der Waals surface area contributed by atoms with Crippen LogP contribution in [0.3, 0.4) is 0 Å². The molecule has 2 heterocycles. The lowest BCUT2D eigenvalue weighted by molar-refractivity contribution is -0.0435. The van der Waals surface area contributed by atoms with Gasteiger partial charge < -0.3 is 14.8 Å². The van der Waals surface area contributed by atoms with Crippen molar-refractivity contribution < 1.29 is 31.4 Å². The highest BCUT2D eigenvalue weighted by Crippen LogP contribution is 2.50. The summed E-state index contributed by atoms with van der Waals surface area (Å²) in [6.45, 7) is 6.38. The van der Waals surface area contributed by atoms with E-state index in [0.29, 0.717) is 24.0 Å². The van der Waals surface area contributed by atoms with Gasteiger partial charge in [-0.05, 0) is 35.7 Å². The van der Waals surface area contributed by atoms with Crippen LogP contribution in [0.15, 0.2) is 40.0 Å². The molecule has 2 aromatic carbocycles. The number of aromatic nitrogens is 2. The van der Waals surface area contributed by atoms with Crippen molar-refractivity contribution in [2.24, 2.45) is 5.41 Å². The van der Waals surface area contributed by atoms with E-state index in [-0.39, 0.29) is 39.4 Å². The molecule has 1 aromatic heterocycles. The molecule has 0 saturated carbocycles. The minimum Gasteiger partial charge on any atom is -0.507 e. The molecule has 2 N–H and O–H groups in total. The van der Waals surface area contributed by atoms with Crippen molar-refractivity contribution in [3.63, 3.8) is 0 Å². The topological polar surface area (TPSA) is 109 Å². The Morgan fingerprint density at radius 3 is 2.47 bits per heavy atom. The zero-order valence-corrected chi connectivity index (χ0v) is 18.1. The van der Waals surface area contributed by atoms with Gasteiger partial charge in [0.25, 0.3) is 15.4 Å². The van der Waals surface area contributed by atoms with Crippen LogP contribution in [0.1, 0.15) is 32.3 Å². The minimum atomic E-state index is -5.62. The SMILES string of the molecule is CC(C)(C)C1COc2ccc(O)c(-c3nc4ccc(S(=O)(=O)C(F)(F)F)cc4c(=O)[nH]3)c21. The highest BCUT2D eigenvalue weighted by Gasteiger charge is 2.47. The van der Waals surface area contributed by atoms with Gasteiger partial charge in [0, 0.05) is 11.5 Å². The summed E-state index contributed by atoms with van der Waals surface area (Å²) in [5, 5.41) is 10.3. The molecule has 0 amide bonds. The van der Waals surface area contributed by atoms with Crippen LogP contribution in [0, 0.1) is 5.41 Å².